The average Bonchev–Trinajstić information content (AvgIpc) is 2.56. The number of carbonyl (C=O) groups excluding carboxylic acids is 1. The van der Waals surface area contributed by atoms with Crippen LogP contribution in [0.1, 0.15) is 43.9 Å². The van der Waals surface area contributed by atoms with Crippen LogP contribution in [0.2, 0.25) is 0 Å². The van der Waals surface area contributed by atoms with Gasteiger partial charge in [-0.1, -0.05) is 12.1 Å². The van der Waals surface area contributed by atoms with Gasteiger partial charge in [0.25, 0.3) is 0 Å². The Balaban J connectivity index is 2.65. The summed E-state index contributed by atoms with van der Waals surface area (Å²) in [6.45, 7) is 8.98. The van der Waals surface area contributed by atoms with Crippen LogP contribution in [0.25, 0.3) is 5.57 Å². The summed E-state index contributed by atoms with van der Waals surface area (Å²) in [5.41, 5.74) is 7.41. The van der Waals surface area contributed by atoms with E-state index in [-0.39, 0.29) is 0 Å². The molecule has 0 radical (unpaired) electrons. The summed E-state index contributed by atoms with van der Waals surface area (Å²) in [7, 11) is 4.03. The third-order valence-electron chi connectivity index (χ3n) is 4.90. The van der Waals surface area contributed by atoms with Crippen LogP contribution in [0.4, 0.5) is 0 Å². The van der Waals surface area contributed by atoms with Crippen LogP contribution in [0, 0.1) is 6.92 Å². The SMILES string of the molecule is CC(/C(C)=C(/C)N(C)C)=C(/C=O)c1ccc(C)c2c1OCCC2. The topological polar surface area (TPSA) is 29.5 Å². The predicted octanol–water partition coefficient (Wildman–Crippen LogP) is 4.15. The van der Waals surface area contributed by atoms with Crippen LogP contribution >= 0.6 is 0 Å². The fourth-order valence-corrected chi connectivity index (χ4v) is 3.00. The Morgan fingerprint density at radius 1 is 1.17 bits per heavy atom. The van der Waals surface area contributed by atoms with E-state index in [1.54, 1.807) is 0 Å². The van der Waals surface area contributed by atoms with Gasteiger partial charge in [-0.05, 0) is 62.8 Å². The molecule has 23 heavy (non-hydrogen) atoms. The number of aldehydes is 1. The number of rotatable bonds is 4. The van der Waals surface area contributed by atoms with Crippen molar-refractivity contribution in [1.29, 1.82) is 0 Å². The van der Waals surface area contributed by atoms with Crippen molar-refractivity contribution >= 4 is 11.9 Å². The van der Waals surface area contributed by atoms with Crippen LogP contribution in [-0.4, -0.2) is 31.9 Å². The van der Waals surface area contributed by atoms with Crippen LogP contribution < -0.4 is 4.74 Å². The Morgan fingerprint density at radius 2 is 1.87 bits per heavy atom. The Labute approximate surface area is 139 Å². The van der Waals surface area contributed by atoms with Crippen molar-refractivity contribution in [3.8, 4) is 5.75 Å². The molecule has 1 heterocycles. The van der Waals surface area contributed by atoms with Crippen molar-refractivity contribution in [3.63, 3.8) is 0 Å². The summed E-state index contributed by atoms with van der Waals surface area (Å²) in [6.07, 6.45) is 3.02. The van der Waals surface area contributed by atoms with Crippen molar-refractivity contribution in [1.82, 2.24) is 4.90 Å². The molecule has 0 N–H and O–H groups in total. The monoisotopic (exact) mass is 313 g/mol. The normalized spacial score (nSPS) is 15.9. The fourth-order valence-electron chi connectivity index (χ4n) is 3.00. The average molecular weight is 313 g/mol. The predicted molar refractivity (Wildman–Crippen MR) is 95.7 cm³/mol. The van der Waals surface area contributed by atoms with Gasteiger partial charge in [-0.2, -0.15) is 0 Å². The maximum absolute atomic E-state index is 11.9. The molecule has 0 bridgehead atoms. The smallest absolute Gasteiger partial charge is 0.151 e. The molecule has 0 spiro atoms. The number of fused-ring (bicyclic) bond motifs is 1. The third kappa shape index (κ3) is 3.34. The van der Waals surface area contributed by atoms with Crippen LogP contribution in [-0.2, 0) is 11.2 Å². The summed E-state index contributed by atoms with van der Waals surface area (Å²) in [5.74, 6) is 0.896. The van der Waals surface area contributed by atoms with Gasteiger partial charge >= 0.3 is 0 Å². The van der Waals surface area contributed by atoms with E-state index in [9.17, 15) is 4.79 Å². The molecule has 0 unspecified atom stereocenters. The van der Waals surface area contributed by atoms with E-state index < -0.39 is 0 Å². The minimum Gasteiger partial charge on any atom is -0.493 e. The Kier molecular flexibility index (Phi) is 5.30. The Hall–Kier alpha value is -2.03. The van der Waals surface area contributed by atoms with E-state index in [2.05, 4.69) is 31.7 Å². The molecule has 3 heteroatoms. The quantitative estimate of drug-likeness (QED) is 0.475. The lowest BCUT2D eigenvalue weighted by atomic mass is 9.90. The molecule has 1 aromatic rings. The first kappa shape index (κ1) is 17.3. The molecular weight excluding hydrogens is 286 g/mol. The van der Waals surface area contributed by atoms with Crippen molar-refractivity contribution in [2.45, 2.75) is 40.5 Å². The van der Waals surface area contributed by atoms with Gasteiger partial charge in [-0.15, -0.1) is 0 Å². The summed E-state index contributed by atoms with van der Waals surface area (Å²) in [6, 6.07) is 4.11. The van der Waals surface area contributed by atoms with E-state index in [1.807, 2.05) is 27.1 Å². The zero-order valence-corrected chi connectivity index (χ0v) is 15.1. The van der Waals surface area contributed by atoms with Gasteiger partial charge in [-0.3, -0.25) is 4.79 Å². The van der Waals surface area contributed by atoms with Gasteiger partial charge in [0.2, 0.25) is 0 Å². The lowest BCUT2D eigenvalue weighted by molar-refractivity contribution is -0.103. The molecule has 0 saturated heterocycles. The number of allylic oxidation sites excluding steroid dienone is 4. The van der Waals surface area contributed by atoms with Crippen LogP contribution in [0.5, 0.6) is 5.75 Å². The first-order chi connectivity index (χ1) is 10.9. The van der Waals surface area contributed by atoms with E-state index in [0.717, 1.165) is 59.5 Å². The highest BCUT2D eigenvalue weighted by atomic mass is 16.5. The number of nitrogens with zero attached hydrogens (tertiary/aromatic N) is 1. The van der Waals surface area contributed by atoms with Gasteiger partial charge in [0.1, 0.15) is 5.75 Å². The molecule has 0 aliphatic carbocycles. The lowest BCUT2D eigenvalue weighted by Gasteiger charge is -2.24. The summed E-state index contributed by atoms with van der Waals surface area (Å²) >= 11 is 0. The van der Waals surface area contributed by atoms with Gasteiger partial charge in [0.15, 0.2) is 6.29 Å². The van der Waals surface area contributed by atoms with E-state index >= 15 is 0 Å². The highest BCUT2D eigenvalue weighted by Gasteiger charge is 2.20. The largest absolute Gasteiger partial charge is 0.493 e. The highest BCUT2D eigenvalue weighted by Crippen LogP contribution is 2.37. The molecular formula is C20H27NO2. The third-order valence-corrected chi connectivity index (χ3v) is 4.90. The number of benzene rings is 1. The Bertz CT molecular complexity index is 681. The summed E-state index contributed by atoms with van der Waals surface area (Å²) in [4.78, 5) is 13.9. The lowest BCUT2D eigenvalue weighted by Crippen LogP contribution is -2.13. The molecule has 3 nitrogen and oxygen atoms in total. The number of hydrogen-bond donors (Lipinski definition) is 0. The van der Waals surface area contributed by atoms with Gasteiger partial charge in [0.05, 0.1) is 6.61 Å². The first-order valence-electron chi connectivity index (χ1n) is 8.15. The van der Waals surface area contributed by atoms with Crippen LogP contribution in [0.3, 0.4) is 0 Å². The molecule has 1 aliphatic rings. The standard InChI is InChI=1S/C20H27NO2/c1-13-9-10-18(20-17(13)8-7-11-23-20)19(12-22)15(3)14(2)16(4)21(5)6/h9-10,12H,7-8,11H2,1-6H3/b16-14-,19-15+. The van der Waals surface area contributed by atoms with Crippen molar-refractivity contribution in [3.05, 3.63) is 45.7 Å². The summed E-state index contributed by atoms with van der Waals surface area (Å²) < 4.78 is 5.94. The minimum absolute atomic E-state index is 0.722. The number of ether oxygens (including phenoxy) is 1. The van der Waals surface area contributed by atoms with Gasteiger partial charge in [0, 0.05) is 30.9 Å². The minimum atomic E-state index is 0.722. The van der Waals surface area contributed by atoms with Gasteiger partial charge < -0.3 is 9.64 Å². The second-order valence-electron chi connectivity index (χ2n) is 6.45. The van der Waals surface area contributed by atoms with Crippen molar-refractivity contribution in [2.24, 2.45) is 0 Å². The molecule has 124 valence electrons. The van der Waals surface area contributed by atoms with Crippen molar-refractivity contribution in [2.75, 3.05) is 20.7 Å². The van der Waals surface area contributed by atoms with E-state index in [4.69, 9.17) is 4.74 Å². The second kappa shape index (κ2) is 7.03. The number of aryl methyl sites for hydroxylation is 1. The summed E-state index contributed by atoms with van der Waals surface area (Å²) in [5, 5.41) is 0. The van der Waals surface area contributed by atoms with Crippen LogP contribution in [0.15, 0.2) is 29.0 Å². The molecule has 0 saturated carbocycles. The molecule has 0 amide bonds. The maximum atomic E-state index is 11.9. The van der Waals surface area contributed by atoms with Gasteiger partial charge in [-0.25, -0.2) is 0 Å². The molecule has 0 aromatic heterocycles. The fraction of sp³-hybridized carbons (Fsp3) is 0.450. The van der Waals surface area contributed by atoms with E-state index in [1.165, 1.54) is 11.1 Å². The molecule has 1 aromatic carbocycles. The zero-order valence-electron chi connectivity index (χ0n) is 15.1. The molecule has 2 rings (SSSR count). The maximum Gasteiger partial charge on any atom is 0.151 e. The van der Waals surface area contributed by atoms with Crippen molar-refractivity contribution < 1.29 is 9.53 Å². The number of hydrogen-bond acceptors (Lipinski definition) is 3. The first-order valence-corrected chi connectivity index (χ1v) is 8.15. The van der Waals surface area contributed by atoms with E-state index in [0.29, 0.717) is 0 Å². The molecule has 0 fully saturated rings. The zero-order chi connectivity index (χ0) is 17.1. The number of carbonyl (C=O) groups is 1. The Morgan fingerprint density at radius 3 is 2.48 bits per heavy atom. The highest BCUT2D eigenvalue weighted by molar-refractivity contribution is 6.10. The molecule has 1 aliphatic heterocycles. The second-order valence-corrected chi connectivity index (χ2v) is 6.45. The molecule has 0 atom stereocenters.